The molecule has 2 aromatic carbocycles. The normalized spacial score (nSPS) is 17.5. The quantitative estimate of drug-likeness (QED) is 0.911. The summed E-state index contributed by atoms with van der Waals surface area (Å²) in [6, 6.07) is 14.5. The van der Waals surface area contributed by atoms with Crippen LogP contribution in [0.5, 0.6) is 5.75 Å². The van der Waals surface area contributed by atoms with Gasteiger partial charge in [0.2, 0.25) is 0 Å². The molecule has 0 saturated heterocycles. The molecule has 2 N–H and O–H groups in total. The van der Waals surface area contributed by atoms with Crippen LogP contribution < -0.4 is 10.1 Å². The Labute approximate surface area is 133 Å². The van der Waals surface area contributed by atoms with Crippen molar-refractivity contribution in [2.75, 3.05) is 6.54 Å². The minimum atomic E-state index is -0.773. The van der Waals surface area contributed by atoms with Crippen molar-refractivity contribution >= 4 is 17.5 Å². The Morgan fingerprint density at radius 1 is 1.27 bits per heavy atom. The third kappa shape index (κ3) is 3.24. The number of halogens is 1. The second-order valence-electron chi connectivity index (χ2n) is 5.23. The fraction of sp³-hybridized carbons (Fsp3) is 0.235. The van der Waals surface area contributed by atoms with Gasteiger partial charge in [-0.05, 0) is 29.3 Å². The van der Waals surface area contributed by atoms with E-state index in [1.54, 1.807) is 24.3 Å². The molecule has 1 amide bonds. The summed E-state index contributed by atoms with van der Waals surface area (Å²) in [5.41, 5.74) is 1.74. The van der Waals surface area contributed by atoms with Crippen LogP contribution >= 0.6 is 11.6 Å². The molecule has 114 valence electrons. The third-order valence-electron chi connectivity index (χ3n) is 3.66. The fourth-order valence-corrected chi connectivity index (χ4v) is 2.57. The van der Waals surface area contributed by atoms with Crippen molar-refractivity contribution < 1.29 is 14.6 Å². The van der Waals surface area contributed by atoms with E-state index in [1.807, 2.05) is 24.3 Å². The van der Waals surface area contributed by atoms with Gasteiger partial charge in [0, 0.05) is 18.0 Å². The lowest BCUT2D eigenvalue weighted by Gasteiger charge is -2.15. The van der Waals surface area contributed by atoms with Gasteiger partial charge in [-0.3, -0.25) is 4.79 Å². The zero-order valence-electron chi connectivity index (χ0n) is 11.8. The number of hydrogen-bond acceptors (Lipinski definition) is 3. The first-order chi connectivity index (χ1) is 10.6. The molecule has 2 unspecified atom stereocenters. The third-order valence-corrected chi connectivity index (χ3v) is 3.92. The summed E-state index contributed by atoms with van der Waals surface area (Å²) in [5.74, 6) is 0.533. The molecule has 0 aromatic heterocycles. The number of hydrogen-bond donors (Lipinski definition) is 2. The predicted octanol–water partition coefficient (Wildman–Crippen LogP) is 2.49. The number of amides is 1. The smallest absolute Gasteiger partial charge is 0.261 e. The molecular formula is C17H16ClNO3. The van der Waals surface area contributed by atoms with E-state index < -0.39 is 12.2 Å². The fourth-order valence-electron chi connectivity index (χ4n) is 2.44. The monoisotopic (exact) mass is 317 g/mol. The Hall–Kier alpha value is -2.04. The second kappa shape index (κ2) is 6.38. The minimum Gasteiger partial charge on any atom is -0.480 e. The molecule has 22 heavy (non-hydrogen) atoms. The van der Waals surface area contributed by atoms with Crippen molar-refractivity contribution in [2.45, 2.75) is 18.6 Å². The zero-order valence-corrected chi connectivity index (χ0v) is 12.6. The van der Waals surface area contributed by atoms with Crippen molar-refractivity contribution in [1.82, 2.24) is 5.32 Å². The van der Waals surface area contributed by atoms with Crippen LogP contribution in [-0.2, 0) is 11.2 Å². The molecule has 2 aromatic rings. The summed E-state index contributed by atoms with van der Waals surface area (Å²) >= 11 is 5.81. The van der Waals surface area contributed by atoms with Crippen molar-refractivity contribution in [1.29, 1.82) is 0 Å². The molecule has 0 radical (unpaired) electrons. The summed E-state index contributed by atoms with van der Waals surface area (Å²) in [6.07, 6.45) is -0.751. The van der Waals surface area contributed by atoms with Crippen molar-refractivity contribution in [3.63, 3.8) is 0 Å². The van der Waals surface area contributed by atoms with Gasteiger partial charge >= 0.3 is 0 Å². The summed E-state index contributed by atoms with van der Waals surface area (Å²) in [6.45, 7) is 0.136. The van der Waals surface area contributed by atoms with E-state index in [0.717, 1.165) is 11.3 Å². The first kappa shape index (κ1) is 14.9. The summed E-state index contributed by atoms with van der Waals surface area (Å²) in [5, 5.41) is 13.4. The van der Waals surface area contributed by atoms with Gasteiger partial charge in [-0.2, -0.15) is 0 Å². The largest absolute Gasteiger partial charge is 0.480 e. The van der Waals surface area contributed by atoms with Gasteiger partial charge in [0.1, 0.15) is 5.75 Å². The van der Waals surface area contributed by atoms with Gasteiger partial charge in [-0.25, -0.2) is 0 Å². The molecule has 0 bridgehead atoms. The maximum atomic E-state index is 12.1. The molecular weight excluding hydrogens is 302 g/mol. The van der Waals surface area contributed by atoms with Crippen LogP contribution in [0.25, 0.3) is 0 Å². The highest BCUT2D eigenvalue weighted by Gasteiger charge is 2.28. The first-order valence-corrected chi connectivity index (χ1v) is 7.47. The Morgan fingerprint density at radius 2 is 2.00 bits per heavy atom. The number of fused-ring (bicyclic) bond motifs is 1. The average molecular weight is 318 g/mol. The van der Waals surface area contributed by atoms with E-state index in [1.165, 1.54) is 0 Å². The van der Waals surface area contributed by atoms with Crippen molar-refractivity contribution in [2.24, 2.45) is 0 Å². The van der Waals surface area contributed by atoms with Gasteiger partial charge < -0.3 is 15.2 Å². The molecule has 1 aliphatic rings. The van der Waals surface area contributed by atoms with Crippen LogP contribution in [0.3, 0.4) is 0 Å². The van der Waals surface area contributed by atoms with Gasteiger partial charge in [-0.1, -0.05) is 41.9 Å². The summed E-state index contributed by atoms with van der Waals surface area (Å²) in [4.78, 5) is 12.1. The average Bonchev–Trinajstić information content (AvgIpc) is 2.97. The van der Waals surface area contributed by atoms with Crippen LogP contribution in [-0.4, -0.2) is 23.7 Å². The number of rotatable bonds is 4. The molecule has 4 nitrogen and oxygen atoms in total. The zero-order chi connectivity index (χ0) is 15.5. The number of aliphatic hydroxyl groups is 1. The van der Waals surface area contributed by atoms with Gasteiger partial charge in [-0.15, -0.1) is 0 Å². The standard InChI is InChI=1S/C17H16ClNO3/c18-13-7-5-11(6-8-13)14(20)10-19-17(21)16-9-12-3-1-2-4-15(12)22-16/h1-8,14,16,20H,9-10H2,(H,19,21). The topological polar surface area (TPSA) is 58.6 Å². The van der Waals surface area contributed by atoms with Crippen LogP contribution in [0, 0.1) is 0 Å². The number of ether oxygens (including phenoxy) is 1. The molecule has 3 rings (SSSR count). The predicted molar refractivity (Wildman–Crippen MR) is 84.0 cm³/mol. The van der Waals surface area contributed by atoms with Crippen molar-refractivity contribution in [3.8, 4) is 5.75 Å². The molecule has 0 spiro atoms. The van der Waals surface area contributed by atoms with Crippen LogP contribution in [0.4, 0.5) is 0 Å². The van der Waals surface area contributed by atoms with E-state index in [0.29, 0.717) is 17.0 Å². The van der Waals surface area contributed by atoms with Crippen molar-refractivity contribution in [3.05, 3.63) is 64.7 Å². The molecule has 0 aliphatic carbocycles. The Balaban J connectivity index is 1.54. The van der Waals surface area contributed by atoms with Crippen LogP contribution in [0.2, 0.25) is 5.02 Å². The Morgan fingerprint density at radius 3 is 2.73 bits per heavy atom. The first-order valence-electron chi connectivity index (χ1n) is 7.09. The summed E-state index contributed by atoms with van der Waals surface area (Å²) in [7, 11) is 0. The SMILES string of the molecule is O=C(NCC(O)c1ccc(Cl)cc1)C1Cc2ccccc2O1. The van der Waals surface area contributed by atoms with Crippen LogP contribution in [0.15, 0.2) is 48.5 Å². The highest BCUT2D eigenvalue weighted by Crippen LogP contribution is 2.28. The number of carbonyl (C=O) groups is 1. The molecule has 0 fully saturated rings. The van der Waals surface area contributed by atoms with Gasteiger partial charge in [0.05, 0.1) is 6.10 Å². The summed E-state index contributed by atoms with van der Waals surface area (Å²) < 4.78 is 5.61. The molecule has 0 saturated carbocycles. The Bertz CT molecular complexity index is 647. The minimum absolute atomic E-state index is 0.136. The van der Waals surface area contributed by atoms with E-state index in [-0.39, 0.29) is 12.5 Å². The number of para-hydroxylation sites is 1. The lowest BCUT2D eigenvalue weighted by molar-refractivity contribution is -0.127. The van der Waals surface area contributed by atoms with E-state index in [9.17, 15) is 9.90 Å². The van der Waals surface area contributed by atoms with E-state index in [4.69, 9.17) is 16.3 Å². The molecule has 5 heteroatoms. The maximum Gasteiger partial charge on any atom is 0.261 e. The molecule has 1 heterocycles. The van der Waals surface area contributed by atoms with Gasteiger partial charge in [0.15, 0.2) is 6.10 Å². The van der Waals surface area contributed by atoms with E-state index in [2.05, 4.69) is 5.32 Å². The van der Waals surface area contributed by atoms with Gasteiger partial charge in [0.25, 0.3) is 5.91 Å². The highest BCUT2D eigenvalue weighted by atomic mass is 35.5. The lowest BCUT2D eigenvalue weighted by Crippen LogP contribution is -2.39. The molecule has 1 aliphatic heterocycles. The number of carbonyl (C=O) groups excluding carboxylic acids is 1. The second-order valence-corrected chi connectivity index (χ2v) is 5.67. The molecule has 2 atom stereocenters. The lowest BCUT2D eigenvalue weighted by atomic mass is 10.1. The highest BCUT2D eigenvalue weighted by molar-refractivity contribution is 6.30. The van der Waals surface area contributed by atoms with Crippen LogP contribution in [0.1, 0.15) is 17.2 Å². The maximum absolute atomic E-state index is 12.1. The number of nitrogens with one attached hydrogen (secondary N) is 1. The number of aliphatic hydroxyl groups excluding tert-OH is 1. The Kier molecular flexibility index (Phi) is 4.32. The number of benzene rings is 2. The van der Waals surface area contributed by atoms with E-state index >= 15 is 0 Å².